The average molecular weight is 285 g/mol. The van der Waals surface area contributed by atoms with Gasteiger partial charge in [0.2, 0.25) is 0 Å². The fourth-order valence-electron chi connectivity index (χ4n) is 2.75. The van der Waals surface area contributed by atoms with Crippen molar-refractivity contribution < 1.29 is 19.4 Å². The number of carbonyl (C=O) groups excluding carboxylic acids is 1. The summed E-state index contributed by atoms with van der Waals surface area (Å²) in [5.41, 5.74) is -0.596. The van der Waals surface area contributed by atoms with Crippen molar-refractivity contribution >= 4 is 12.1 Å². The Morgan fingerprint density at radius 3 is 2.25 bits per heavy atom. The van der Waals surface area contributed by atoms with Gasteiger partial charge in [0.05, 0.1) is 0 Å². The number of amides is 1. The second-order valence-electron chi connectivity index (χ2n) is 6.71. The van der Waals surface area contributed by atoms with Crippen LogP contribution in [0.15, 0.2) is 0 Å². The van der Waals surface area contributed by atoms with Crippen molar-refractivity contribution in [2.75, 3.05) is 6.54 Å². The van der Waals surface area contributed by atoms with Crippen LogP contribution < -0.4 is 0 Å². The molecule has 0 radical (unpaired) electrons. The molecule has 0 saturated carbocycles. The number of piperidine rings is 1. The van der Waals surface area contributed by atoms with Crippen LogP contribution in [0.1, 0.15) is 60.3 Å². The Hall–Kier alpha value is -1.26. The first kappa shape index (κ1) is 16.8. The fraction of sp³-hybridized carbons (Fsp3) is 0.867. The smallest absolute Gasteiger partial charge is 0.411 e. The summed E-state index contributed by atoms with van der Waals surface area (Å²) < 4.78 is 5.36. The minimum atomic E-state index is -0.948. The van der Waals surface area contributed by atoms with Crippen LogP contribution in [0.3, 0.4) is 0 Å². The van der Waals surface area contributed by atoms with Gasteiger partial charge in [-0.25, -0.2) is 9.59 Å². The van der Waals surface area contributed by atoms with Crippen LogP contribution in [0.2, 0.25) is 0 Å². The Balaban J connectivity index is 2.94. The summed E-state index contributed by atoms with van der Waals surface area (Å²) >= 11 is 0. The van der Waals surface area contributed by atoms with E-state index in [1.165, 1.54) is 4.90 Å². The number of nitrogens with zero attached hydrogens (tertiary/aromatic N) is 1. The molecule has 1 unspecified atom stereocenters. The molecule has 5 nitrogen and oxygen atoms in total. The maximum absolute atomic E-state index is 12.3. The number of carbonyl (C=O) groups is 2. The van der Waals surface area contributed by atoms with Gasteiger partial charge in [-0.3, -0.25) is 4.90 Å². The molecule has 20 heavy (non-hydrogen) atoms. The second kappa shape index (κ2) is 6.02. The van der Waals surface area contributed by atoms with Crippen molar-refractivity contribution in [2.24, 2.45) is 5.41 Å². The minimum Gasteiger partial charge on any atom is -0.480 e. The van der Waals surface area contributed by atoms with Crippen molar-refractivity contribution in [3.63, 3.8) is 0 Å². The summed E-state index contributed by atoms with van der Waals surface area (Å²) in [4.78, 5) is 25.1. The molecule has 0 bridgehead atoms. The fourth-order valence-corrected chi connectivity index (χ4v) is 2.75. The van der Waals surface area contributed by atoms with Gasteiger partial charge in [-0.2, -0.15) is 0 Å². The van der Waals surface area contributed by atoms with Crippen molar-refractivity contribution in [1.29, 1.82) is 0 Å². The lowest BCUT2D eigenvalue weighted by Crippen LogP contribution is -2.55. The molecule has 1 saturated heterocycles. The van der Waals surface area contributed by atoms with E-state index < -0.39 is 23.7 Å². The molecule has 1 aliphatic heterocycles. The summed E-state index contributed by atoms with van der Waals surface area (Å²) in [6.45, 7) is 10.0. The van der Waals surface area contributed by atoms with Crippen molar-refractivity contribution in [3.05, 3.63) is 0 Å². The highest BCUT2D eigenvalue weighted by atomic mass is 16.6. The molecule has 0 aromatic rings. The first-order valence-corrected chi connectivity index (χ1v) is 7.36. The molecule has 1 rings (SSSR count). The van der Waals surface area contributed by atoms with E-state index in [1.807, 2.05) is 0 Å². The molecule has 1 amide bonds. The van der Waals surface area contributed by atoms with Crippen LogP contribution in [0.5, 0.6) is 0 Å². The van der Waals surface area contributed by atoms with Crippen LogP contribution in [0.25, 0.3) is 0 Å². The number of aliphatic carboxylic acids is 1. The monoisotopic (exact) mass is 285 g/mol. The zero-order chi connectivity index (χ0) is 15.6. The van der Waals surface area contributed by atoms with E-state index in [0.717, 1.165) is 19.3 Å². The average Bonchev–Trinajstić information content (AvgIpc) is 2.35. The first-order chi connectivity index (χ1) is 9.14. The Morgan fingerprint density at radius 2 is 1.85 bits per heavy atom. The Morgan fingerprint density at radius 1 is 1.30 bits per heavy atom. The first-order valence-electron chi connectivity index (χ1n) is 7.36. The topological polar surface area (TPSA) is 66.8 Å². The van der Waals surface area contributed by atoms with Crippen LogP contribution >= 0.6 is 0 Å². The van der Waals surface area contributed by atoms with E-state index in [1.54, 1.807) is 20.8 Å². The van der Waals surface area contributed by atoms with E-state index in [9.17, 15) is 14.7 Å². The van der Waals surface area contributed by atoms with Gasteiger partial charge in [0.25, 0.3) is 0 Å². The number of rotatable bonds is 3. The third-order valence-electron chi connectivity index (χ3n) is 4.24. The Bertz CT molecular complexity index is 369. The van der Waals surface area contributed by atoms with Crippen molar-refractivity contribution in [3.8, 4) is 0 Å². The molecule has 116 valence electrons. The van der Waals surface area contributed by atoms with Crippen LogP contribution in [-0.4, -0.2) is 40.3 Å². The van der Waals surface area contributed by atoms with E-state index in [-0.39, 0.29) is 5.41 Å². The highest BCUT2D eigenvalue weighted by molar-refractivity contribution is 5.80. The van der Waals surface area contributed by atoms with Crippen LogP contribution in [0.4, 0.5) is 4.79 Å². The molecular formula is C15H27NO4. The number of carboxylic acid groups (broad SMARTS) is 1. The SMILES string of the molecule is CCC1(CC)CCC(C(=O)O)N(C(=O)OC(C)(C)C)C1. The predicted molar refractivity (Wildman–Crippen MR) is 76.6 cm³/mol. The molecule has 1 fully saturated rings. The highest BCUT2D eigenvalue weighted by Gasteiger charge is 2.43. The van der Waals surface area contributed by atoms with Gasteiger partial charge in [0.15, 0.2) is 0 Å². The molecule has 0 aromatic carbocycles. The summed E-state index contributed by atoms with van der Waals surface area (Å²) in [6, 6.07) is -0.768. The quantitative estimate of drug-likeness (QED) is 0.864. The van der Waals surface area contributed by atoms with Crippen molar-refractivity contribution in [2.45, 2.75) is 71.9 Å². The zero-order valence-electron chi connectivity index (χ0n) is 13.2. The maximum atomic E-state index is 12.3. The van der Waals surface area contributed by atoms with E-state index in [2.05, 4.69) is 13.8 Å². The van der Waals surface area contributed by atoms with E-state index >= 15 is 0 Å². The van der Waals surface area contributed by atoms with Gasteiger partial charge in [-0.05, 0) is 51.9 Å². The number of likely N-dealkylation sites (tertiary alicyclic amines) is 1. The standard InChI is InChI=1S/C15H27NO4/c1-6-15(7-2)9-8-11(12(17)18)16(10-15)13(19)20-14(3,4)5/h11H,6-10H2,1-5H3,(H,17,18). The minimum absolute atomic E-state index is 0.0167. The number of carboxylic acids is 1. The van der Waals surface area contributed by atoms with Crippen molar-refractivity contribution in [1.82, 2.24) is 4.90 Å². The van der Waals surface area contributed by atoms with E-state index in [4.69, 9.17) is 4.74 Å². The molecule has 0 aliphatic carbocycles. The van der Waals surface area contributed by atoms with Gasteiger partial charge in [-0.1, -0.05) is 13.8 Å². The molecule has 1 heterocycles. The van der Waals surface area contributed by atoms with E-state index in [0.29, 0.717) is 13.0 Å². The summed E-state index contributed by atoms with van der Waals surface area (Å²) in [7, 11) is 0. The number of hydrogen-bond acceptors (Lipinski definition) is 3. The maximum Gasteiger partial charge on any atom is 0.411 e. The third-order valence-corrected chi connectivity index (χ3v) is 4.24. The summed E-state index contributed by atoms with van der Waals surface area (Å²) in [5.74, 6) is -0.948. The summed E-state index contributed by atoms with van der Waals surface area (Å²) in [6.07, 6.45) is 2.70. The summed E-state index contributed by atoms with van der Waals surface area (Å²) in [5, 5.41) is 9.32. The lowest BCUT2D eigenvalue weighted by molar-refractivity contribution is -0.146. The lowest BCUT2D eigenvalue weighted by atomic mass is 9.74. The molecular weight excluding hydrogens is 258 g/mol. The molecule has 1 aliphatic rings. The van der Waals surface area contributed by atoms with Crippen LogP contribution in [0, 0.1) is 5.41 Å². The molecule has 1 N–H and O–H groups in total. The van der Waals surface area contributed by atoms with Gasteiger partial charge in [0, 0.05) is 6.54 Å². The number of ether oxygens (including phenoxy) is 1. The largest absolute Gasteiger partial charge is 0.480 e. The normalized spacial score (nSPS) is 22.4. The van der Waals surface area contributed by atoms with Gasteiger partial charge < -0.3 is 9.84 Å². The Labute approximate surface area is 121 Å². The molecule has 0 aromatic heterocycles. The Kier molecular flexibility index (Phi) is 5.05. The number of hydrogen-bond donors (Lipinski definition) is 1. The molecule has 1 atom stereocenters. The van der Waals surface area contributed by atoms with Gasteiger partial charge in [-0.15, -0.1) is 0 Å². The molecule has 5 heteroatoms. The zero-order valence-corrected chi connectivity index (χ0v) is 13.2. The van der Waals surface area contributed by atoms with Crippen LogP contribution in [-0.2, 0) is 9.53 Å². The lowest BCUT2D eigenvalue weighted by Gasteiger charge is -2.45. The predicted octanol–water partition coefficient (Wildman–Crippen LogP) is 3.28. The third kappa shape index (κ3) is 3.87. The second-order valence-corrected chi connectivity index (χ2v) is 6.71. The van der Waals surface area contributed by atoms with Gasteiger partial charge in [0.1, 0.15) is 11.6 Å². The van der Waals surface area contributed by atoms with Gasteiger partial charge >= 0.3 is 12.1 Å². The molecule has 0 spiro atoms. The highest BCUT2D eigenvalue weighted by Crippen LogP contribution is 2.39.